The molecule has 0 aromatic heterocycles. The average molecular weight is 276 g/mol. The van der Waals surface area contributed by atoms with E-state index in [1.807, 2.05) is 32.0 Å². The smallest absolute Gasteiger partial charge is 0.347 e. The molecule has 0 spiro atoms. The van der Waals surface area contributed by atoms with Crippen molar-refractivity contribution in [3.8, 4) is 0 Å². The third-order valence-electron chi connectivity index (χ3n) is 1.68. The summed E-state index contributed by atoms with van der Waals surface area (Å²) in [6.45, 7) is 3.84. The van der Waals surface area contributed by atoms with Crippen molar-refractivity contribution >= 4 is 29.0 Å². The molecule has 0 N–H and O–H groups in total. The summed E-state index contributed by atoms with van der Waals surface area (Å²) in [6, 6.07) is 5.72. The Morgan fingerprint density at radius 3 is 2.67 bits per heavy atom. The van der Waals surface area contributed by atoms with Crippen LogP contribution >= 0.6 is 23.0 Å². The van der Waals surface area contributed by atoms with Gasteiger partial charge in [0.15, 0.2) is 23.0 Å². The highest BCUT2D eigenvalue weighted by molar-refractivity contribution is 14.1. The maximum absolute atomic E-state index is 11.2. The van der Waals surface area contributed by atoms with Crippen molar-refractivity contribution in [2.75, 3.05) is 0 Å². The average Bonchev–Trinajstić information content (AvgIpc) is 2.08. The second-order valence-corrected chi connectivity index (χ2v) is 3.12. The molecule has 0 fully saturated rings. The van der Waals surface area contributed by atoms with Crippen molar-refractivity contribution < 1.29 is 7.86 Å². The van der Waals surface area contributed by atoms with Crippen molar-refractivity contribution in [2.24, 2.45) is 0 Å². The zero-order valence-electron chi connectivity index (χ0n) is 6.93. The Bertz CT molecular complexity index is 307. The predicted octanol–water partition coefficient (Wildman–Crippen LogP) is 2.81. The Morgan fingerprint density at radius 2 is 2.08 bits per heavy atom. The Hall–Kier alpha value is -0.580. The first-order chi connectivity index (χ1) is 5.65. The number of hydrogen-bond donors (Lipinski definition) is 0. The molecule has 0 atom stereocenters. The van der Waals surface area contributed by atoms with E-state index < -0.39 is 0 Å². The third-order valence-corrected chi connectivity index (χ3v) is 2.08. The van der Waals surface area contributed by atoms with Gasteiger partial charge in [-0.3, -0.25) is 0 Å². The van der Waals surface area contributed by atoms with Gasteiger partial charge in [0.1, 0.15) is 0 Å². The lowest BCUT2D eigenvalue weighted by Crippen LogP contribution is -2.00. The molecule has 0 bridgehead atoms. The first-order valence-corrected chi connectivity index (χ1v) is 4.43. The van der Waals surface area contributed by atoms with Gasteiger partial charge < -0.3 is 3.07 Å². The van der Waals surface area contributed by atoms with Gasteiger partial charge in [0.25, 0.3) is 0 Å². The lowest BCUT2D eigenvalue weighted by Gasteiger charge is -2.02. The minimum Gasteiger partial charge on any atom is -0.391 e. The largest absolute Gasteiger partial charge is 0.391 e. The lowest BCUT2D eigenvalue weighted by atomic mass is 10.1. The standard InChI is InChI=1S/C9H9IO2/c1-6-3-4-7(2)8(5-6)9(11)12-10/h3-5H,1-2H3. The van der Waals surface area contributed by atoms with Crippen molar-refractivity contribution in [3.05, 3.63) is 34.9 Å². The first-order valence-electron chi connectivity index (χ1n) is 3.55. The first kappa shape index (κ1) is 9.51. The molecule has 1 rings (SSSR count). The molecule has 1 aromatic carbocycles. The van der Waals surface area contributed by atoms with Crippen molar-refractivity contribution in [2.45, 2.75) is 13.8 Å². The molecule has 0 unspecified atom stereocenters. The maximum atomic E-state index is 11.2. The number of halogens is 1. The van der Waals surface area contributed by atoms with Gasteiger partial charge in [-0.15, -0.1) is 0 Å². The van der Waals surface area contributed by atoms with Crippen LogP contribution in [0, 0.1) is 13.8 Å². The van der Waals surface area contributed by atoms with E-state index in [1.54, 1.807) is 23.0 Å². The molecule has 2 nitrogen and oxygen atoms in total. The van der Waals surface area contributed by atoms with Gasteiger partial charge in [-0.25, -0.2) is 4.79 Å². The predicted molar refractivity (Wildman–Crippen MR) is 55.4 cm³/mol. The van der Waals surface area contributed by atoms with Gasteiger partial charge in [-0.05, 0) is 25.5 Å². The van der Waals surface area contributed by atoms with Crippen LogP contribution in [0.2, 0.25) is 0 Å². The van der Waals surface area contributed by atoms with Crippen LogP contribution in [0.1, 0.15) is 21.5 Å². The Labute approximate surface area is 85.6 Å². The van der Waals surface area contributed by atoms with E-state index in [2.05, 4.69) is 3.07 Å². The van der Waals surface area contributed by atoms with Gasteiger partial charge >= 0.3 is 5.97 Å². The zero-order valence-corrected chi connectivity index (χ0v) is 9.08. The summed E-state index contributed by atoms with van der Waals surface area (Å²) in [5, 5.41) is 0. The number of carbonyl (C=O) groups excluding carboxylic acids is 1. The van der Waals surface area contributed by atoms with Crippen molar-refractivity contribution in [1.82, 2.24) is 0 Å². The molecule has 64 valence electrons. The number of benzene rings is 1. The van der Waals surface area contributed by atoms with E-state index >= 15 is 0 Å². The molecule has 12 heavy (non-hydrogen) atoms. The second-order valence-electron chi connectivity index (χ2n) is 2.68. The van der Waals surface area contributed by atoms with E-state index in [1.165, 1.54) is 0 Å². The fourth-order valence-electron chi connectivity index (χ4n) is 0.997. The lowest BCUT2D eigenvalue weighted by molar-refractivity contribution is 0.0799. The van der Waals surface area contributed by atoms with Crippen LogP contribution in [0.3, 0.4) is 0 Å². The summed E-state index contributed by atoms with van der Waals surface area (Å²) in [4.78, 5) is 11.2. The number of aryl methyl sites for hydroxylation is 2. The van der Waals surface area contributed by atoms with E-state index in [0.717, 1.165) is 11.1 Å². The van der Waals surface area contributed by atoms with E-state index in [0.29, 0.717) is 5.56 Å². The van der Waals surface area contributed by atoms with Crippen LogP contribution in [0.25, 0.3) is 0 Å². The normalized spacial score (nSPS) is 9.58. The molecular weight excluding hydrogens is 267 g/mol. The molecule has 0 radical (unpaired) electrons. The molecular formula is C9H9IO2. The second kappa shape index (κ2) is 3.89. The van der Waals surface area contributed by atoms with Gasteiger partial charge in [0.05, 0.1) is 5.56 Å². The molecule has 0 saturated carbocycles. The van der Waals surface area contributed by atoms with Crippen molar-refractivity contribution in [1.29, 1.82) is 0 Å². The zero-order chi connectivity index (χ0) is 9.14. The minimum absolute atomic E-state index is 0.281. The van der Waals surface area contributed by atoms with E-state index in [-0.39, 0.29) is 5.97 Å². The van der Waals surface area contributed by atoms with Gasteiger partial charge in [-0.1, -0.05) is 17.7 Å². The number of rotatable bonds is 1. The quantitative estimate of drug-likeness (QED) is 0.737. The fraction of sp³-hybridized carbons (Fsp3) is 0.222. The summed E-state index contributed by atoms with van der Waals surface area (Å²) in [5.74, 6) is -0.281. The topological polar surface area (TPSA) is 26.3 Å². The minimum atomic E-state index is -0.281. The van der Waals surface area contributed by atoms with Crippen LogP contribution in [0.15, 0.2) is 18.2 Å². The number of hydrogen-bond acceptors (Lipinski definition) is 2. The highest BCUT2D eigenvalue weighted by atomic mass is 127. The SMILES string of the molecule is Cc1ccc(C)c(C(=O)OI)c1. The Morgan fingerprint density at radius 1 is 1.42 bits per heavy atom. The summed E-state index contributed by atoms with van der Waals surface area (Å²) in [7, 11) is 0. The molecule has 0 heterocycles. The fourth-order valence-corrected chi connectivity index (χ4v) is 1.23. The summed E-state index contributed by atoms with van der Waals surface area (Å²) < 4.78 is 4.60. The summed E-state index contributed by atoms with van der Waals surface area (Å²) in [6.07, 6.45) is 0. The molecule has 0 aliphatic carbocycles. The van der Waals surface area contributed by atoms with Gasteiger partial charge in [0, 0.05) is 0 Å². The van der Waals surface area contributed by atoms with Gasteiger partial charge in [-0.2, -0.15) is 0 Å². The van der Waals surface area contributed by atoms with E-state index in [4.69, 9.17) is 0 Å². The number of carbonyl (C=O) groups is 1. The van der Waals surface area contributed by atoms with Crippen LogP contribution in [0.4, 0.5) is 0 Å². The van der Waals surface area contributed by atoms with Gasteiger partial charge in [0.2, 0.25) is 0 Å². The van der Waals surface area contributed by atoms with E-state index in [9.17, 15) is 4.79 Å². The maximum Gasteiger partial charge on any atom is 0.347 e. The molecule has 0 saturated heterocycles. The Balaban J connectivity index is 3.13. The highest BCUT2D eigenvalue weighted by Crippen LogP contribution is 2.12. The summed E-state index contributed by atoms with van der Waals surface area (Å²) >= 11 is 1.60. The van der Waals surface area contributed by atoms with Crippen LogP contribution in [0.5, 0.6) is 0 Å². The third kappa shape index (κ3) is 1.97. The van der Waals surface area contributed by atoms with Crippen LogP contribution < -0.4 is 0 Å². The monoisotopic (exact) mass is 276 g/mol. The molecule has 0 amide bonds. The molecule has 0 aliphatic rings. The van der Waals surface area contributed by atoms with Crippen LogP contribution in [-0.4, -0.2) is 5.97 Å². The molecule has 0 aliphatic heterocycles. The van der Waals surface area contributed by atoms with Crippen LogP contribution in [-0.2, 0) is 3.07 Å². The highest BCUT2D eigenvalue weighted by Gasteiger charge is 2.08. The Kier molecular flexibility index (Phi) is 3.08. The molecule has 3 heteroatoms. The van der Waals surface area contributed by atoms with Crippen molar-refractivity contribution in [3.63, 3.8) is 0 Å². The summed E-state index contributed by atoms with van der Waals surface area (Å²) in [5.41, 5.74) is 2.66. The molecule has 1 aromatic rings.